The molecule has 3 rings (SSSR count). The lowest BCUT2D eigenvalue weighted by atomic mass is 10.2. The lowest BCUT2D eigenvalue weighted by molar-refractivity contribution is 0.199. The van der Waals surface area contributed by atoms with Crippen molar-refractivity contribution in [1.82, 2.24) is 25.1 Å². The predicted octanol–water partition coefficient (Wildman–Crippen LogP) is 0.169. The molecule has 0 aliphatic carbocycles. The summed E-state index contributed by atoms with van der Waals surface area (Å²) in [5, 5.41) is 7.85. The summed E-state index contributed by atoms with van der Waals surface area (Å²) in [5.74, 6) is 6.74. The van der Waals surface area contributed by atoms with Crippen molar-refractivity contribution in [2.75, 3.05) is 36.5 Å². The van der Waals surface area contributed by atoms with Crippen molar-refractivity contribution in [1.29, 1.82) is 0 Å². The molecule has 0 amide bonds. The number of nitrogens with one attached hydrogen (secondary N) is 2. The maximum atomic E-state index is 5.44. The Bertz CT molecular complexity index is 594. The molecule has 8 heteroatoms. The Morgan fingerprint density at radius 1 is 1.45 bits per heavy atom. The Morgan fingerprint density at radius 2 is 2.30 bits per heavy atom. The maximum Gasteiger partial charge on any atom is 0.241 e. The second kappa shape index (κ2) is 5.22. The largest absolute Gasteiger partial charge is 0.353 e. The molecule has 8 nitrogen and oxygen atoms in total. The predicted molar refractivity (Wildman–Crippen MR) is 78.4 cm³/mol. The average Bonchev–Trinajstić information content (AvgIpc) is 2.94. The fourth-order valence-electron chi connectivity index (χ4n) is 2.78. The van der Waals surface area contributed by atoms with E-state index in [0.29, 0.717) is 17.6 Å². The first-order chi connectivity index (χ1) is 9.72. The van der Waals surface area contributed by atoms with Crippen LogP contribution < -0.4 is 16.2 Å². The third-order valence-corrected chi connectivity index (χ3v) is 3.89. The third-order valence-electron chi connectivity index (χ3n) is 3.89. The molecule has 0 aromatic carbocycles. The smallest absolute Gasteiger partial charge is 0.241 e. The van der Waals surface area contributed by atoms with Gasteiger partial charge in [-0.25, -0.2) is 5.84 Å². The molecule has 0 radical (unpaired) electrons. The van der Waals surface area contributed by atoms with Gasteiger partial charge in [0.05, 0.1) is 11.6 Å². The Hall–Kier alpha value is -1.93. The van der Waals surface area contributed by atoms with E-state index in [9.17, 15) is 0 Å². The quantitative estimate of drug-likeness (QED) is 0.543. The number of fused-ring (bicyclic) bond motifs is 1. The molecule has 0 saturated carbocycles. The molecule has 2 aromatic heterocycles. The molecule has 108 valence electrons. The first-order valence-corrected chi connectivity index (χ1v) is 6.89. The molecule has 1 unspecified atom stereocenters. The number of nitrogens with two attached hydrogens (primary N) is 1. The van der Waals surface area contributed by atoms with Gasteiger partial charge < -0.3 is 4.90 Å². The summed E-state index contributed by atoms with van der Waals surface area (Å²) in [6, 6.07) is 0.500. The molecule has 3 heterocycles. The van der Waals surface area contributed by atoms with E-state index in [1.165, 1.54) is 0 Å². The molecule has 0 bridgehead atoms. The number of hydrogen-bond donors (Lipinski definition) is 3. The molecule has 1 aliphatic rings. The number of hydrogen-bond acceptors (Lipinski definition) is 7. The van der Waals surface area contributed by atoms with E-state index in [4.69, 9.17) is 5.84 Å². The lowest BCUT2D eigenvalue weighted by Crippen LogP contribution is -2.52. The van der Waals surface area contributed by atoms with Crippen molar-refractivity contribution in [2.45, 2.75) is 19.9 Å². The van der Waals surface area contributed by atoms with Crippen molar-refractivity contribution < 1.29 is 0 Å². The zero-order valence-electron chi connectivity index (χ0n) is 11.8. The number of aromatic amines is 1. The fourth-order valence-corrected chi connectivity index (χ4v) is 2.78. The Labute approximate surface area is 117 Å². The molecule has 0 spiro atoms. The Morgan fingerprint density at radius 3 is 3.00 bits per heavy atom. The van der Waals surface area contributed by atoms with Gasteiger partial charge in [0.15, 0.2) is 5.65 Å². The Balaban J connectivity index is 1.95. The van der Waals surface area contributed by atoms with E-state index >= 15 is 0 Å². The van der Waals surface area contributed by atoms with Gasteiger partial charge in [0.25, 0.3) is 0 Å². The first kappa shape index (κ1) is 13.1. The van der Waals surface area contributed by atoms with Crippen LogP contribution in [0.2, 0.25) is 0 Å². The second-order valence-corrected chi connectivity index (χ2v) is 5.07. The number of nitrogens with zero attached hydrogens (tertiary/aromatic N) is 5. The van der Waals surface area contributed by atoms with Crippen molar-refractivity contribution in [3.63, 3.8) is 0 Å². The zero-order valence-corrected chi connectivity index (χ0v) is 11.8. The minimum Gasteiger partial charge on any atom is -0.353 e. The molecular formula is C12H20N8. The first-order valence-electron chi connectivity index (χ1n) is 6.89. The minimum atomic E-state index is 0.405. The van der Waals surface area contributed by atoms with Crippen LogP contribution in [0.3, 0.4) is 0 Å². The summed E-state index contributed by atoms with van der Waals surface area (Å²) in [5.41, 5.74) is 3.21. The van der Waals surface area contributed by atoms with Gasteiger partial charge in [0, 0.05) is 25.7 Å². The standard InChI is InChI=1S/C12H20N8/c1-3-19-4-5-20(7-8(19)2)11-9-6-14-18-10(9)15-12(16-11)17-13/h6,8H,3-5,7,13H2,1-2H3,(H2,14,15,16,17,18). The maximum absolute atomic E-state index is 5.44. The summed E-state index contributed by atoms with van der Waals surface area (Å²) in [6.45, 7) is 8.43. The molecule has 20 heavy (non-hydrogen) atoms. The topological polar surface area (TPSA) is 99.0 Å². The number of nitrogen functional groups attached to an aromatic ring is 1. The van der Waals surface area contributed by atoms with Gasteiger partial charge in [-0.1, -0.05) is 6.92 Å². The van der Waals surface area contributed by atoms with Gasteiger partial charge in [0.2, 0.25) is 5.95 Å². The summed E-state index contributed by atoms with van der Waals surface area (Å²) in [6.07, 6.45) is 1.77. The van der Waals surface area contributed by atoms with Crippen LogP contribution in [0.15, 0.2) is 6.20 Å². The van der Waals surface area contributed by atoms with Gasteiger partial charge in [0.1, 0.15) is 5.82 Å². The molecule has 4 N–H and O–H groups in total. The van der Waals surface area contributed by atoms with Crippen LogP contribution in [-0.2, 0) is 0 Å². The monoisotopic (exact) mass is 276 g/mol. The number of rotatable bonds is 3. The highest BCUT2D eigenvalue weighted by molar-refractivity contribution is 5.87. The van der Waals surface area contributed by atoms with Crippen LogP contribution in [0.4, 0.5) is 11.8 Å². The van der Waals surface area contributed by atoms with Crippen LogP contribution in [0.1, 0.15) is 13.8 Å². The Kier molecular flexibility index (Phi) is 3.41. The van der Waals surface area contributed by atoms with Crippen LogP contribution >= 0.6 is 0 Å². The lowest BCUT2D eigenvalue weighted by Gasteiger charge is -2.40. The van der Waals surface area contributed by atoms with Crippen LogP contribution in [0.25, 0.3) is 11.0 Å². The van der Waals surface area contributed by atoms with Crippen molar-refractivity contribution in [3.8, 4) is 0 Å². The summed E-state index contributed by atoms with van der Waals surface area (Å²) in [4.78, 5) is 13.5. The average molecular weight is 276 g/mol. The van der Waals surface area contributed by atoms with Gasteiger partial charge >= 0.3 is 0 Å². The van der Waals surface area contributed by atoms with E-state index < -0.39 is 0 Å². The fraction of sp³-hybridized carbons (Fsp3) is 0.583. The highest BCUT2D eigenvalue weighted by Gasteiger charge is 2.25. The number of H-pyrrole nitrogens is 1. The van der Waals surface area contributed by atoms with Gasteiger partial charge in [-0.3, -0.25) is 15.4 Å². The van der Waals surface area contributed by atoms with Gasteiger partial charge in [-0.15, -0.1) is 0 Å². The van der Waals surface area contributed by atoms with Crippen molar-refractivity contribution in [2.24, 2.45) is 5.84 Å². The highest BCUT2D eigenvalue weighted by atomic mass is 15.4. The summed E-state index contributed by atoms with van der Waals surface area (Å²) >= 11 is 0. The van der Waals surface area contributed by atoms with E-state index in [0.717, 1.165) is 37.4 Å². The van der Waals surface area contributed by atoms with Crippen LogP contribution in [-0.4, -0.2) is 57.3 Å². The van der Waals surface area contributed by atoms with Crippen molar-refractivity contribution in [3.05, 3.63) is 6.20 Å². The minimum absolute atomic E-state index is 0.405. The normalized spacial score (nSPS) is 20.6. The van der Waals surface area contributed by atoms with Gasteiger partial charge in [-0.05, 0) is 13.5 Å². The van der Waals surface area contributed by atoms with E-state index in [1.807, 2.05) is 0 Å². The third kappa shape index (κ3) is 2.16. The number of aromatic nitrogens is 4. The number of anilines is 2. The molecule has 1 aliphatic heterocycles. The summed E-state index contributed by atoms with van der Waals surface area (Å²) < 4.78 is 0. The molecule has 1 saturated heterocycles. The number of likely N-dealkylation sites (N-methyl/N-ethyl adjacent to an activating group) is 1. The SMILES string of the molecule is CCN1CCN(c2nc(NN)nc3[nH]ncc23)CC1C. The van der Waals surface area contributed by atoms with E-state index in [1.54, 1.807) is 6.20 Å². The zero-order chi connectivity index (χ0) is 14.1. The van der Waals surface area contributed by atoms with Crippen molar-refractivity contribution >= 4 is 22.8 Å². The van der Waals surface area contributed by atoms with E-state index in [-0.39, 0.29) is 0 Å². The summed E-state index contributed by atoms with van der Waals surface area (Å²) in [7, 11) is 0. The van der Waals surface area contributed by atoms with Crippen LogP contribution in [0.5, 0.6) is 0 Å². The number of hydrazine groups is 1. The second-order valence-electron chi connectivity index (χ2n) is 5.07. The van der Waals surface area contributed by atoms with Crippen LogP contribution in [0, 0.1) is 0 Å². The van der Waals surface area contributed by atoms with Gasteiger partial charge in [-0.2, -0.15) is 15.1 Å². The molecule has 2 aromatic rings. The molecule has 1 fully saturated rings. The van der Waals surface area contributed by atoms with E-state index in [2.05, 4.69) is 49.2 Å². The molecule has 1 atom stereocenters. The number of piperazine rings is 1. The highest BCUT2D eigenvalue weighted by Crippen LogP contribution is 2.25. The molecular weight excluding hydrogens is 256 g/mol.